The fraction of sp³-hybridized carbons (Fsp3) is 0.333. The molecule has 2 aromatic carbocycles. The maximum atomic E-state index is 12.8. The summed E-state index contributed by atoms with van der Waals surface area (Å²) < 4.78 is 0. The van der Waals surface area contributed by atoms with Gasteiger partial charge in [-0.15, -0.1) is 11.8 Å². The number of rotatable bonds is 9. The molecule has 202 valence electrons. The van der Waals surface area contributed by atoms with Crippen LogP contribution in [0.15, 0.2) is 53.4 Å². The number of nitrogens with zero attached hydrogens (tertiary/aromatic N) is 2. The lowest BCUT2D eigenvalue weighted by Crippen LogP contribution is -2.51. The molecular formula is C27H29Cl2N3O5S. The second-order valence-corrected chi connectivity index (χ2v) is 10.5. The van der Waals surface area contributed by atoms with Crippen LogP contribution in [-0.2, 0) is 14.4 Å². The Morgan fingerprint density at radius 2 is 1.76 bits per heavy atom. The number of likely N-dealkylation sites (N-methyl/N-ethyl adjacent to an activating group) is 1. The third-order valence-electron chi connectivity index (χ3n) is 6.32. The van der Waals surface area contributed by atoms with Crippen LogP contribution >= 0.6 is 35.0 Å². The van der Waals surface area contributed by atoms with E-state index in [1.165, 1.54) is 29.8 Å². The highest BCUT2D eigenvalue weighted by Gasteiger charge is 2.31. The van der Waals surface area contributed by atoms with Crippen molar-refractivity contribution in [3.63, 3.8) is 0 Å². The average molecular weight is 579 g/mol. The molecule has 0 aliphatic carbocycles. The van der Waals surface area contributed by atoms with Gasteiger partial charge in [-0.1, -0.05) is 47.5 Å². The standard InChI is InChI=1S/C27H29Cl2N3O5S/c1-31(26(35)19-6-4-3-5-7-19)16-20(27(36)37)30-25(34)18-12-14-32(15-13-18)22(33)11-9-17-8-10-21(38-2)24(29)23(17)28/h3-11,18,20H,12-16H2,1-2H3,(H,30,34)(H,36,37)/b11-9+/t20-/m0/s1. The van der Waals surface area contributed by atoms with Gasteiger partial charge in [0.25, 0.3) is 5.91 Å². The topological polar surface area (TPSA) is 107 Å². The van der Waals surface area contributed by atoms with Gasteiger partial charge in [-0.05, 0) is 48.9 Å². The first-order valence-corrected chi connectivity index (χ1v) is 13.9. The number of carboxylic acids is 1. The van der Waals surface area contributed by atoms with Gasteiger partial charge in [-0.3, -0.25) is 14.4 Å². The van der Waals surface area contributed by atoms with Crippen molar-refractivity contribution in [2.24, 2.45) is 5.92 Å². The van der Waals surface area contributed by atoms with Crippen molar-refractivity contribution in [2.75, 3.05) is 32.9 Å². The average Bonchev–Trinajstić information content (AvgIpc) is 2.93. The number of nitrogens with one attached hydrogen (secondary N) is 1. The van der Waals surface area contributed by atoms with E-state index in [9.17, 15) is 24.3 Å². The van der Waals surface area contributed by atoms with Gasteiger partial charge in [0.2, 0.25) is 11.8 Å². The van der Waals surface area contributed by atoms with Crippen molar-refractivity contribution in [3.8, 4) is 0 Å². The first-order valence-electron chi connectivity index (χ1n) is 11.9. The van der Waals surface area contributed by atoms with E-state index >= 15 is 0 Å². The molecule has 11 heteroatoms. The zero-order chi connectivity index (χ0) is 27.8. The Hall–Kier alpha value is -3.01. The highest BCUT2D eigenvalue weighted by molar-refractivity contribution is 7.98. The summed E-state index contributed by atoms with van der Waals surface area (Å²) in [5.41, 5.74) is 1.06. The van der Waals surface area contributed by atoms with Crippen LogP contribution in [0.3, 0.4) is 0 Å². The quantitative estimate of drug-likeness (QED) is 0.340. The molecule has 1 aliphatic rings. The van der Waals surface area contributed by atoms with Gasteiger partial charge in [0.15, 0.2) is 0 Å². The molecule has 2 aromatic rings. The SMILES string of the molecule is CSc1ccc(/C=C/C(=O)N2CCC(C(=O)N[C@@H](CN(C)C(=O)c3ccccc3)C(=O)O)CC2)c(Cl)c1Cl. The lowest BCUT2D eigenvalue weighted by molar-refractivity contribution is -0.143. The lowest BCUT2D eigenvalue weighted by atomic mass is 9.95. The predicted octanol–water partition coefficient (Wildman–Crippen LogP) is 4.31. The van der Waals surface area contributed by atoms with Crippen LogP contribution in [0, 0.1) is 5.92 Å². The van der Waals surface area contributed by atoms with Gasteiger partial charge in [0.1, 0.15) is 6.04 Å². The Morgan fingerprint density at radius 1 is 1.11 bits per heavy atom. The van der Waals surface area contributed by atoms with Crippen molar-refractivity contribution in [1.29, 1.82) is 0 Å². The minimum atomic E-state index is -1.25. The van der Waals surface area contributed by atoms with Crippen molar-refractivity contribution in [3.05, 3.63) is 69.7 Å². The monoisotopic (exact) mass is 577 g/mol. The summed E-state index contributed by atoms with van der Waals surface area (Å²) in [6, 6.07) is 10.9. The molecule has 0 aromatic heterocycles. The number of aliphatic carboxylic acids is 1. The molecule has 3 rings (SSSR count). The van der Waals surface area contributed by atoms with Gasteiger partial charge in [-0.2, -0.15) is 0 Å². The second-order valence-electron chi connectivity index (χ2n) is 8.87. The number of piperidine rings is 1. The molecule has 38 heavy (non-hydrogen) atoms. The number of halogens is 2. The highest BCUT2D eigenvalue weighted by Crippen LogP contribution is 2.35. The number of thioether (sulfide) groups is 1. The Morgan fingerprint density at radius 3 is 2.37 bits per heavy atom. The third-order valence-corrected chi connectivity index (χ3v) is 8.11. The summed E-state index contributed by atoms with van der Waals surface area (Å²) in [6.45, 7) is 0.526. The van der Waals surface area contributed by atoms with Crippen LogP contribution in [0.1, 0.15) is 28.8 Å². The van der Waals surface area contributed by atoms with Gasteiger partial charge < -0.3 is 20.2 Å². The Bertz CT molecular complexity index is 1220. The molecule has 2 N–H and O–H groups in total. The van der Waals surface area contributed by atoms with Gasteiger partial charge >= 0.3 is 5.97 Å². The molecule has 1 aliphatic heterocycles. The minimum absolute atomic E-state index is 0.179. The van der Waals surface area contributed by atoms with E-state index in [1.54, 1.807) is 47.4 Å². The van der Waals surface area contributed by atoms with Crippen LogP contribution in [0.5, 0.6) is 0 Å². The zero-order valence-corrected chi connectivity index (χ0v) is 23.4. The van der Waals surface area contributed by atoms with E-state index in [-0.39, 0.29) is 18.4 Å². The number of carbonyl (C=O) groups excluding carboxylic acids is 3. The van der Waals surface area contributed by atoms with E-state index in [0.717, 1.165) is 4.90 Å². The summed E-state index contributed by atoms with van der Waals surface area (Å²) in [5, 5.41) is 13.0. The molecule has 1 fully saturated rings. The molecule has 0 radical (unpaired) electrons. The van der Waals surface area contributed by atoms with Crippen LogP contribution in [0.25, 0.3) is 6.08 Å². The minimum Gasteiger partial charge on any atom is -0.480 e. The van der Waals surface area contributed by atoms with E-state index in [0.29, 0.717) is 47.1 Å². The van der Waals surface area contributed by atoms with Gasteiger partial charge in [0, 0.05) is 42.6 Å². The van der Waals surface area contributed by atoms with E-state index in [4.69, 9.17) is 23.2 Å². The van der Waals surface area contributed by atoms with E-state index < -0.39 is 23.8 Å². The molecule has 3 amide bonds. The Labute approximate surface area is 236 Å². The summed E-state index contributed by atoms with van der Waals surface area (Å²) in [7, 11) is 1.49. The summed E-state index contributed by atoms with van der Waals surface area (Å²) in [5.74, 6) is -2.62. The highest BCUT2D eigenvalue weighted by atomic mass is 35.5. The number of likely N-dealkylation sites (tertiary alicyclic amines) is 1. The first-order chi connectivity index (χ1) is 18.1. The van der Waals surface area contributed by atoms with Crippen LogP contribution in [0.4, 0.5) is 0 Å². The number of hydrogen-bond donors (Lipinski definition) is 2. The number of carbonyl (C=O) groups is 4. The maximum absolute atomic E-state index is 12.8. The Balaban J connectivity index is 1.53. The van der Waals surface area contributed by atoms with Crippen molar-refractivity contribution in [1.82, 2.24) is 15.1 Å². The summed E-state index contributed by atoms with van der Waals surface area (Å²) in [6.07, 6.45) is 5.73. The molecule has 0 spiro atoms. The van der Waals surface area contributed by atoms with Crippen LogP contribution < -0.4 is 5.32 Å². The summed E-state index contributed by atoms with van der Waals surface area (Å²) in [4.78, 5) is 53.6. The van der Waals surface area contributed by atoms with Gasteiger partial charge in [0.05, 0.1) is 16.6 Å². The van der Waals surface area contributed by atoms with Gasteiger partial charge in [-0.25, -0.2) is 4.79 Å². The smallest absolute Gasteiger partial charge is 0.328 e. The molecule has 0 unspecified atom stereocenters. The molecule has 8 nitrogen and oxygen atoms in total. The molecular weight excluding hydrogens is 549 g/mol. The normalized spacial score (nSPS) is 14.8. The molecule has 1 saturated heterocycles. The van der Waals surface area contributed by atoms with Crippen LogP contribution in [0.2, 0.25) is 10.0 Å². The maximum Gasteiger partial charge on any atom is 0.328 e. The fourth-order valence-corrected chi connectivity index (χ4v) is 5.27. The second kappa shape index (κ2) is 13.7. The van der Waals surface area contributed by atoms with E-state index in [1.807, 2.05) is 12.3 Å². The number of amides is 3. The zero-order valence-electron chi connectivity index (χ0n) is 21.0. The Kier molecular flexibility index (Phi) is 10.6. The summed E-state index contributed by atoms with van der Waals surface area (Å²) >= 11 is 14.1. The van der Waals surface area contributed by atoms with Crippen molar-refractivity contribution in [2.45, 2.75) is 23.8 Å². The molecule has 1 atom stereocenters. The van der Waals surface area contributed by atoms with Crippen LogP contribution in [-0.4, -0.2) is 77.6 Å². The van der Waals surface area contributed by atoms with E-state index in [2.05, 4.69) is 5.32 Å². The molecule has 0 bridgehead atoms. The lowest BCUT2D eigenvalue weighted by Gasteiger charge is -2.31. The van der Waals surface area contributed by atoms with Crippen molar-refractivity contribution < 1.29 is 24.3 Å². The number of hydrogen-bond acceptors (Lipinski definition) is 5. The molecule has 1 heterocycles. The first kappa shape index (κ1) is 29.5. The van der Waals surface area contributed by atoms with Crippen molar-refractivity contribution >= 4 is 64.7 Å². The predicted molar refractivity (Wildman–Crippen MR) is 150 cm³/mol. The fourth-order valence-electron chi connectivity index (χ4n) is 4.09. The third kappa shape index (κ3) is 7.52. The largest absolute Gasteiger partial charge is 0.480 e. The number of benzene rings is 2. The number of carboxylic acid groups (broad SMARTS) is 1. The molecule has 0 saturated carbocycles.